The van der Waals surface area contributed by atoms with Crippen molar-refractivity contribution in [3.8, 4) is 5.75 Å². The van der Waals surface area contributed by atoms with Crippen LogP contribution in [0.2, 0.25) is 0 Å². The van der Waals surface area contributed by atoms with Gasteiger partial charge in [0, 0.05) is 0 Å². The first-order valence-corrected chi connectivity index (χ1v) is 7.04. The summed E-state index contributed by atoms with van der Waals surface area (Å²) < 4.78 is 10.5. The Morgan fingerprint density at radius 2 is 1.90 bits per heavy atom. The highest BCUT2D eigenvalue weighted by molar-refractivity contribution is 5.82. The average molecular weight is 279 g/mol. The zero-order chi connectivity index (χ0) is 15.2. The minimum atomic E-state index is -0.832. The molecular formula is C16H25NO3. The number of nitrogens with one attached hydrogen (secondary N) is 1. The van der Waals surface area contributed by atoms with Crippen LogP contribution >= 0.6 is 0 Å². The third kappa shape index (κ3) is 3.97. The number of hydrogen-bond acceptors (Lipinski definition) is 4. The lowest BCUT2D eigenvalue weighted by Gasteiger charge is -2.28. The Hall–Kier alpha value is -1.55. The number of ether oxygens (including phenoxy) is 2. The van der Waals surface area contributed by atoms with Gasteiger partial charge in [-0.15, -0.1) is 0 Å². The van der Waals surface area contributed by atoms with Crippen LogP contribution in [0.1, 0.15) is 39.7 Å². The molecule has 0 saturated heterocycles. The second-order valence-corrected chi connectivity index (χ2v) is 5.23. The number of hydrogen-bond donors (Lipinski definition) is 1. The molecule has 0 aliphatic rings. The molecule has 4 heteroatoms. The van der Waals surface area contributed by atoms with Crippen molar-refractivity contribution in [2.45, 2.75) is 45.8 Å². The summed E-state index contributed by atoms with van der Waals surface area (Å²) >= 11 is 0. The van der Waals surface area contributed by atoms with E-state index in [0.29, 0.717) is 0 Å². The lowest BCUT2D eigenvalue weighted by atomic mass is 9.91. The highest BCUT2D eigenvalue weighted by Crippen LogP contribution is 2.25. The maximum atomic E-state index is 12.1. The Morgan fingerprint density at radius 3 is 2.35 bits per heavy atom. The molecule has 0 fully saturated rings. The van der Waals surface area contributed by atoms with Gasteiger partial charge in [0.1, 0.15) is 11.3 Å². The Balaban J connectivity index is 2.99. The van der Waals surface area contributed by atoms with Gasteiger partial charge in [0.15, 0.2) is 0 Å². The van der Waals surface area contributed by atoms with Crippen LogP contribution in [-0.2, 0) is 15.1 Å². The summed E-state index contributed by atoms with van der Waals surface area (Å²) in [5, 5.41) is 3.26. The summed E-state index contributed by atoms with van der Waals surface area (Å²) in [6, 6.07) is 7.56. The van der Waals surface area contributed by atoms with Crippen molar-refractivity contribution in [3.05, 3.63) is 29.8 Å². The van der Waals surface area contributed by atoms with E-state index in [1.807, 2.05) is 45.0 Å². The number of methoxy groups -OCH3 is 1. The Kier molecular flexibility index (Phi) is 6.02. The number of esters is 1. The molecule has 0 spiro atoms. The average Bonchev–Trinajstić information content (AvgIpc) is 2.44. The standard InChI is InChI=1S/C16H25NO3/c1-6-11-17-16(4,15(18)19-5)13-7-9-14(10-8-13)20-12(2)3/h7-10,12,17H,6,11H2,1-5H3. The van der Waals surface area contributed by atoms with Crippen molar-refractivity contribution in [1.82, 2.24) is 5.32 Å². The van der Waals surface area contributed by atoms with E-state index in [0.717, 1.165) is 24.3 Å². The summed E-state index contributed by atoms with van der Waals surface area (Å²) in [6.45, 7) is 8.61. The predicted molar refractivity (Wildman–Crippen MR) is 79.9 cm³/mol. The fourth-order valence-corrected chi connectivity index (χ4v) is 2.01. The van der Waals surface area contributed by atoms with Crippen LogP contribution in [0.3, 0.4) is 0 Å². The third-order valence-corrected chi connectivity index (χ3v) is 3.13. The number of carbonyl (C=O) groups is 1. The summed E-state index contributed by atoms with van der Waals surface area (Å²) in [5.41, 5.74) is 0.0371. The molecule has 0 aliphatic carbocycles. The Labute approximate surface area is 121 Å². The van der Waals surface area contributed by atoms with Gasteiger partial charge in [-0.25, -0.2) is 4.79 Å². The van der Waals surface area contributed by atoms with Gasteiger partial charge in [0.25, 0.3) is 0 Å². The van der Waals surface area contributed by atoms with Crippen LogP contribution in [-0.4, -0.2) is 25.7 Å². The molecule has 1 atom stereocenters. The molecule has 1 aromatic rings. The second-order valence-electron chi connectivity index (χ2n) is 5.23. The predicted octanol–water partition coefficient (Wildman–Crippen LogP) is 2.86. The quantitative estimate of drug-likeness (QED) is 0.780. The Bertz CT molecular complexity index is 428. The van der Waals surface area contributed by atoms with Gasteiger partial charge in [-0.3, -0.25) is 5.32 Å². The number of rotatable bonds is 7. The van der Waals surface area contributed by atoms with Gasteiger partial charge in [-0.1, -0.05) is 19.1 Å². The van der Waals surface area contributed by atoms with Crippen LogP contribution < -0.4 is 10.1 Å². The van der Waals surface area contributed by atoms with Crippen molar-refractivity contribution < 1.29 is 14.3 Å². The molecule has 4 nitrogen and oxygen atoms in total. The molecule has 1 unspecified atom stereocenters. The van der Waals surface area contributed by atoms with E-state index in [2.05, 4.69) is 12.2 Å². The van der Waals surface area contributed by atoms with Gasteiger partial charge in [0.05, 0.1) is 13.2 Å². The lowest BCUT2D eigenvalue weighted by molar-refractivity contribution is -0.148. The molecule has 0 saturated carbocycles. The number of benzene rings is 1. The maximum Gasteiger partial charge on any atom is 0.330 e. The number of carbonyl (C=O) groups excluding carboxylic acids is 1. The van der Waals surface area contributed by atoms with Crippen molar-refractivity contribution in [2.75, 3.05) is 13.7 Å². The highest BCUT2D eigenvalue weighted by atomic mass is 16.5. The second kappa shape index (κ2) is 7.29. The largest absolute Gasteiger partial charge is 0.491 e. The van der Waals surface area contributed by atoms with E-state index < -0.39 is 5.54 Å². The van der Waals surface area contributed by atoms with E-state index >= 15 is 0 Å². The smallest absolute Gasteiger partial charge is 0.330 e. The van der Waals surface area contributed by atoms with Crippen molar-refractivity contribution in [1.29, 1.82) is 0 Å². The van der Waals surface area contributed by atoms with Crippen LogP contribution in [0.15, 0.2) is 24.3 Å². The van der Waals surface area contributed by atoms with Crippen molar-refractivity contribution >= 4 is 5.97 Å². The van der Waals surface area contributed by atoms with E-state index in [-0.39, 0.29) is 12.1 Å². The van der Waals surface area contributed by atoms with Crippen LogP contribution in [0.4, 0.5) is 0 Å². The Morgan fingerprint density at radius 1 is 1.30 bits per heavy atom. The molecule has 1 N–H and O–H groups in total. The zero-order valence-electron chi connectivity index (χ0n) is 13.0. The molecule has 0 radical (unpaired) electrons. The summed E-state index contributed by atoms with van der Waals surface area (Å²) in [4.78, 5) is 12.1. The monoisotopic (exact) mass is 279 g/mol. The molecular weight excluding hydrogens is 254 g/mol. The fraction of sp³-hybridized carbons (Fsp3) is 0.562. The molecule has 1 aromatic carbocycles. The summed E-state index contributed by atoms with van der Waals surface area (Å²) in [7, 11) is 1.41. The molecule has 0 amide bonds. The summed E-state index contributed by atoms with van der Waals surface area (Å²) in [6.07, 6.45) is 1.08. The van der Waals surface area contributed by atoms with Crippen LogP contribution in [0.25, 0.3) is 0 Å². The van der Waals surface area contributed by atoms with Gasteiger partial charge < -0.3 is 9.47 Å². The first kappa shape index (κ1) is 16.5. The maximum absolute atomic E-state index is 12.1. The SMILES string of the molecule is CCCNC(C)(C(=O)OC)c1ccc(OC(C)C)cc1. The molecule has 0 aromatic heterocycles. The van der Waals surface area contributed by atoms with Crippen molar-refractivity contribution in [2.24, 2.45) is 0 Å². The van der Waals surface area contributed by atoms with Crippen LogP contribution in [0, 0.1) is 0 Å². The normalized spacial score (nSPS) is 13.9. The van der Waals surface area contributed by atoms with Gasteiger partial charge in [-0.2, -0.15) is 0 Å². The summed E-state index contributed by atoms with van der Waals surface area (Å²) in [5.74, 6) is 0.509. The molecule has 0 heterocycles. The molecule has 0 bridgehead atoms. The van der Waals surface area contributed by atoms with Crippen LogP contribution in [0.5, 0.6) is 5.75 Å². The van der Waals surface area contributed by atoms with Gasteiger partial charge in [0.2, 0.25) is 0 Å². The molecule has 0 aliphatic heterocycles. The topological polar surface area (TPSA) is 47.6 Å². The molecule has 1 rings (SSSR count). The van der Waals surface area contributed by atoms with Gasteiger partial charge in [-0.05, 0) is 51.4 Å². The molecule has 20 heavy (non-hydrogen) atoms. The lowest BCUT2D eigenvalue weighted by Crippen LogP contribution is -2.47. The zero-order valence-corrected chi connectivity index (χ0v) is 13.0. The first-order valence-electron chi connectivity index (χ1n) is 7.04. The minimum absolute atomic E-state index is 0.131. The van der Waals surface area contributed by atoms with E-state index in [9.17, 15) is 4.79 Å². The first-order chi connectivity index (χ1) is 9.43. The van der Waals surface area contributed by atoms with Crippen molar-refractivity contribution in [3.63, 3.8) is 0 Å². The fourth-order valence-electron chi connectivity index (χ4n) is 2.01. The van der Waals surface area contributed by atoms with E-state index in [1.54, 1.807) is 0 Å². The highest BCUT2D eigenvalue weighted by Gasteiger charge is 2.35. The van der Waals surface area contributed by atoms with E-state index in [1.165, 1.54) is 7.11 Å². The van der Waals surface area contributed by atoms with Gasteiger partial charge >= 0.3 is 5.97 Å². The minimum Gasteiger partial charge on any atom is -0.491 e. The molecule has 112 valence electrons. The third-order valence-electron chi connectivity index (χ3n) is 3.13. The van der Waals surface area contributed by atoms with E-state index in [4.69, 9.17) is 9.47 Å².